The van der Waals surface area contributed by atoms with E-state index in [0.717, 1.165) is 11.3 Å². The number of hydrogen-bond donors (Lipinski definition) is 1. The molecular weight excluding hydrogens is 257 g/mol. The number of methoxy groups -OCH3 is 1. The van der Waals surface area contributed by atoms with Crippen LogP contribution in [0.15, 0.2) is 42.5 Å². The lowest BCUT2D eigenvalue weighted by Crippen LogP contribution is -2.10. The monoisotopic (exact) mass is 275 g/mol. The first-order chi connectivity index (χ1) is 9.61. The van der Waals surface area contributed by atoms with Crippen molar-refractivity contribution in [1.82, 2.24) is 0 Å². The fourth-order valence-electron chi connectivity index (χ4n) is 2.01. The van der Waals surface area contributed by atoms with Crippen molar-refractivity contribution in [2.24, 2.45) is 5.73 Å². The SMILES string of the molecule is COc1cccc(COc2cccc(F)c2C(C)N)c1. The van der Waals surface area contributed by atoms with E-state index in [4.69, 9.17) is 15.2 Å². The van der Waals surface area contributed by atoms with E-state index in [9.17, 15) is 4.39 Å². The zero-order chi connectivity index (χ0) is 14.5. The highest BCUT2D eigenvalue weighted by atomic mass is 19.1. The molecule has 0 radical (unpaired) electrons. The quantitative estimate of drug-likeness (QED) is 0.909. The Morgan fingerprint density at radius 1 is 1.20 bits per heavy atom. The molecule has 106 valence electrons. The van der Waals surface area contributed by atoms with Crippen LogP contribution >= 0.6 is 0 Å². The van der Waals surface area contributed by atoms with E-state index in [1.165, 1.54) is 6.07 Å². The summed E-state index contributed by atoms with van der Waals surface area (Å²) >= 11 is 0. The molecule has 4 heteroatoms. The van der Waals surface area contributed by atoms with Crippen molar-refractivity contribution < 1.29 is 13.9 Å². The maximum absolute atomic E-state index is 13.8. The molecule has 3 nitrogen and oxygen atoms in total. The fourth-order valence-corrected chi connectivity index (χ4v) is 2.01. The molecule has 2 aromatic carbocycles. The summed E-state index contributed by atoms with van der Waals surface area (Å²) in [5.74, 6) is 0.892. The number of halogens is 1. The lowest BCUT2D eigenvalue weighted by Gasteiger charge is -2.15. The van der Waals surface area contributed by atoms with Gasteiger partial charge in [0.2, 0.25) is 0 Å². The summed E-state index contributed by atoms with van der Waals surface area (Å²) in [6.07, 6.45) is 0. The van der Waals surface area contributed by atoms with Crippen LogP contribution in [0, 0.1) is 5.82 Å². The lowest BCUT2D eigenvalue weighted by atomic mass is 10.1. The molecule has 0 heterocycles. The zero-order valence-electron chi connectivity index (χ0n) is 11.6. The summed E-state index contributed by atoms with van der Waals surface area (Å²) in [5.41, 5.74) is 7.14. The maximum atomic E-state index is 13.8. The van der Waals surface area contributed by atoms with Crippen LogP contribution in [0.2, 0.25) is 0 Å². The molecule has 0 saturated carbocycles. The van der Waals surface area contributed by atoms with E-state index in [1.54, 1.807) is 26.2 Å². The highest BCUT2D eigenvalue weighted by molar-refractivity contribution is 5.37. The van der Waals surface area contributed by atoms with E-state index in [1.807, 2.05) is 24.3 Å². The van der Waals surface area contributed by atoms with E-state index in [2.05, 4.69) is 0 Å². The molecule has 0 saturated heterocycles. The molecule has 0 spiro atoms. The highest BCUT2D eigenvalue weighted by Gasteiger charge is 2.13. The van der Waals surface area contributed by atoms with Gasteiger partial charge in [-0.15, -0.1) is 0 Å². The molecule has 0 aliphatic rings. The minimum Gasteiger partial charge on any atom is -0.497 e. The highest BCUT2D eigenvalue weighted by Crippen LogP contribution is 2.27. The Morgan fingerprint density at radius 2 is 1.95 bits per heavy atom. The molecule has 0 aromatic heterocycles. The molecule has 1 atom stereocenters. The van der Waals surface area contributed by atoms with Gasteiger partial charge in [-0.05, 0) is 36.8 Å². The number of ether oxygens (including phenoxy) is 2. The largest absolute Gasteiger partial charge is 0.497 e. The van der Waals surface area contributed by atoms with Crippen molar-refractivity contribution in [1.29, 1.82) is 0 Å². The number of nitrogens with two attached hydrogens (primary N) is 1. The molecule has 0 aliphatic carbocycles. The first kappa shape index (κ1) is 14.3. The van der Waals surface area contributed by atoms with E-state index < -0.39 is 6.04 Å². The van der Waals surface area contributed by atoms with Gasteiger partial charge in [0, 0.05) is 11.6 Å². The third-order valence-corrected chi connectivity index (χ3v) is 3.00. The average molecular weight is 275 g/mol. The van der Waals surface area contributed by atoms with Crippen LogP contribution in [-0.2, 0) is 6.61 Å². The summed E-state index contributed by atoms with van der Waals surface area (Å²) in [4.78, 5) is 0. The molecule has 0 aliphatic heterocycles. The van der Waals surface area contributed by atoms with Crippen LogP contribution < -0.4 is 15.2 Å². The van der Waals surface area contributed by atoms with Gasteiger partial charge in [0.1, 0.15) is 23.9 Å². The Balaban J connectivity index is 2.16. The van der Waals surface area contributed by atoms with Gasteiger partial charge in [-0.3, -0.25) is 0 Å². The Bertz CT molecular complexity index is 584. The number of hydrogen-bond acceptors (Lipinski definition) is 3. The van der Waals surface area contributed by atoms with Crippen LogP contribution in [0.5, 0.6) is 11.5 Å². The molecule has 0 bridgehead atoms. The first-order valence-electron chi connectivity index (χ1n) is 6.41. The minimum atomic E-state index is -0.420. The smallest absolute Gasteiger partial charge is 0.131 e. The van der Waals surface area contributed by atoms with Crippen molar-refractivity contribution in [3.63, 3.8) is 0 Å². The second kappa shape index (κ2) is 6.39. The van der Waals surface area contributed by atoms with E-state index in [0.29, 0.717) is 17.9 Å². The molecule has 2 rings (SSSR count). The summed E-state index contributed by atoms with van der Waals surface area (Å²) in [7, 11) is 1.61. The Hall–Kier alpha value is -2.07. The van der Waals surface area contributed by atoms with Gasteiger partial charge in [-0.1, -0.05) is 18.2 Å². The third kappa shape index (κ3) is 3.27. The molecule has 2 N–H and O–H groups in total. The summed E-state index contributed by atoms with van der Waals surface area (Å²) < 4.78 is 24.6. The van der Waals surface area contributed by atoms with Gasteiger partial charge in [0.05, 0.1) is 7.11 Å². The van der Waals surface area contributed by atoms with E-state index >= 15 is 0 Å². The molecule has 20 heavy (non-hydrogen) atoms. The third-order valence-electron chi connectivity index (χ3n) is 3.00. The summed E-state index contributed by atoms with van der Waals surface area (Å²) in [6, 6.07) is 11.9. The van der Waals surface area contributed by atoms with Gasteiger partial charge in [-0.2, -0.15) is 0 Å². The van der Waals surface area contributed by atoms with Gasteiger partial charge < -0.3 is 15.2 Å². The van der Waals surface area contributed by atoms with Crippen LogP contribution in [0.25, 0.3) is 0 Å². The Labute approximate surface area is 118 Å². The Morgan fingerprint density at radius 3 is 2.65 bits per heavy atom. The lowest BCUT2D eigenvalue weighted by molar-refractivity contribution is 0.298. The van der Waals surface area contributed by atoms with E-state index in [-0.39, 0.29) is 5.82 Å². The molecule has 2 aromatic rings. The van der Waals surface area contributed by atoms with Crippen molar-refractivity contribution >= 4 is 0 Å². The maximum Gasteiger partial charge on any atom is 0.131 e. The summed E-state index contributed by atoms with van der Waals surface area (Å²) in [5, 5.41) is 0. The van der Waals surface area contributed by atoms with Gasteiger partial charge >= 0.3 is 0 Å². The predicted molar refractivity (Wildman–Crippen MR) is 76.3 cm³/mol. The van der Waals surface area contributed by atoms with Crippen LogP contribution in [0.1, 0.15) is 24.1 Å². The number of benzene rings is 2. The second-order valence-electron chi connectivity index (χ2n) is 4.58. The van der Waals surface area contributed by atoms with Crippen molar-refractivity contribution in [3.05, 3.63) is 59.4 Å². The van der Waals surface area contributed by atoms with Gasteiger partial charge in [0.15, 0.2) is 0 Å². The second-order valence-corrected chi connectivity index (χ2v) is 4.58. The standard InChI is InChI=1S/C16H18FNO2/c1-11(18)16-14(17)7-4-8-15(16)20-10-12-5-3-6-13(9-12)19-2/h3-9,11H,10,18H2,1-2H3. The minimum absolute atomic E-state index is 0.334. The normalized spacial score (nSPS) is 12.0. The summed E-state index contributed by atoms with van der Waals surface area (Å²) in [6.45, 7) is 2.07. The fraction of sp³-hybridized carbons (Fsp3) is 0.250. The molecule has 1 unspecified atom stereocenters. The van der Waals surface area contributed by atoms with Gasteiger partial charge in [-0.25, -0.2) is 4.39 Å². The van der Waals surface area contributed by atoms with Crippen molar-refractivity contribution in [2.45, 2.75) is 19.6 Å². The van der Waals surface area contributed by atoms with Crippen LogP contribution in [0.3, 0.4) is 0 Å². The molecular formula is C16H18FNO2. The topological polar surface area (TPSA) is 44.5 Å². The first-order valence-corrected chi connectivity index (χ1v) is 6.41. The zero-order valence-corrected chi connectivity index (χ0v) is 11.6. The molecule has 0 fully saturated rings. The predicted octanol–water partition coefficient (Wildman–Crippen LogP) is 3.43. The Kier molecular flexibility index (Phi) is 4.58. The van der Waals surface area contributed by atoms with Crippen molar-refractivity contribution in [2.75, 3.05) is 7.11 Å². The van der Waals surface area contributed by atoms with Crippen LogP contribution in [0.4, 0.5) is 4.39 Å². The van der Waals surface area contributed by atoms with Crippen LogP contribution in [-0.4, -0.2) is 7.11 Å². The van der Waals surface area contributed by atoms with Crippen molar-refractivity contribution in [3.8, 4) is 11.5 Å². The molecule has 0 amide bonds. The number of rotatable bonds is 5. The average Bonchev–Trinajstić information content (AvgIpc) is 2.45. The van der Waals surface area contributed by atoms with Gasteiger partial charge in [0.25, 0.3) is 0 Å².